The zero-order valence-corrected chi connectivity index (χ0v) is 8.30. The fourth-order valence-electron chi connectivity index (χ4n) is 1.01. The van der Waals surface area contributed by atoms with E-state index in [2.05, 4.69) is 44.9 Å². The first-order valence-corrected chi connectivity index (χ1v) is 4.52. The molecule has 0 saturated carbocycles. The summed E-state index contributed by atoms with van der Waals surface area (Å²) in [5.41, 5.74) is 0. The highest BCUT2D eigenvalue weighted by atomic mass is 15.1. The quantitative estimate of drug-likeness (QED) is 0.551. The lowest BCUT2D eigenvalue weighted by Crippen LogP contribution is -2.20. The standard InChI is InChI=1S/C10H21N/c1-5-7-10(3)8-9-11(4)6-2/h5,7,10H,6,8-9H2,1-4H3/b7-5+. The number of rotatable bonds is 5. The third-order valence-corrected chi connectivity index (χ3v) is 2.03. The van der Waals surface area contributed by atoms with Gasteiger partial charge in [0.15, 0.2) is 0 Å². The molecule has 0 aliphatic heterocycles. The van der Waals surface area contributed by atoms with Crippen molar-refractivity contribution in [2.24, 2.45) is 5.92 Å². The Hall–Kier alpha value is -0.300. The van der Waals surface area contributed by atoms with E-state index in [0.29, 0.717) is 0 Å². The van der Waals surface area contributed by atoms with Crippen LogP contribution in [0.25, 0.3) is 0 Å². The third-order valence-electron chi connectivity index (χ3n) is 2.03. The molecule has 0 aliphatic carbocycles. The summed E-state index contributed by atoms with van der Waals surface area (Å²) in [5.74, 6) is 0.731. The molecule has 0 fully saturated rings. The van der Waals surface area contributed by atoms with E-state index < -0.39 is 0 Å². The van der Waals surface area contributed by atoms with Crippen LogP contribution in [-0.2, 0) is 0 Å². The molecule has 0 amide bonds. The van der Waals surface area contributed by atoms with Gasteiger partial charge >= 0.3 is 0 Å². The van der Waals surface area contributed by atoms with Crippen LogP contribution in [0.5, 0.6) is 0 Å². The monoisotopic (exact) mass is 155 g/mol. The maximum absolute atomic E-state index is 2.35. The summed E-state index contributed by atoms with van der Waals surface area (Å²) in [6, 6.07) is 0. The summed E-state index contributed by atoms with van der Waals surface area (Å²) >= 11 is 0. The second-order valence-electron chi connectivity index (χ2n) is 3.19. The van der Waals surface area contributed by atoms with Gasteiger partial charge in [0.05, 0.1) is 0 Å². The molecule has 0 saturated heterocycles. The Balaban J connectivity index is 3.37. The van der Waals surface area contributed by atoms with Gasteiger partial charge in [0, 0.05) is 0 Å². The molecule has 1 nitrogen and oxygen atoms in total. The van der Waals surface area contributed by atoms with Crippen LogP contribution in [0.4, 0.5) is 0 Å². The van der Waals surface area contributed by atoms with Gasteiger partial charge in [-0.05, 0) is 39.4 Å². The van der Waals surface area contributed by atoms with Gasteiger partial charge in [-0.2, -0.15) is 0 Å². The smallest absolute Gasteiger partial charge is 0.00164 e. The Morgan fingerprint density at radius 2 is 2.09 bits per heavy atom. The number of allylic oxidation sites excluding steroid dienone is 2. The molecule has 1 unspecified atom stereocenters. The third kappa shape index (κ3) is 6.11. The Kier molecular flexibility index (Phi) is 6.24. The first-order chi connectivity index (χ1) is 5.20. The molecule has 0 spiro atoms. The lowest BCUT2D eigenvalue weighted by Gasteiger charge is -2.15. The molecule has 0 radical (unpaired) electrons. The summed E-state index contributed by atoms with van der Waals surface area (Å²) in [5, 5.41) is 0. The lowest BCUT2D eigenvalue weighted by atomic mass is 10.1. The first-order valence-electron chi connectivity index (χ1n) is 4.52. The first kappa shape index (κ1) is 10.7. The molecular weight excluding hydrogens is 134 g/mol. The van der Waals surface area contributed by atoms with Crippen LogP contribution in [0.15, 0.2) is 12.2 Å². The fourth-order valence-corrected chi connectivity index (χ4v) is 1.01. The molecular formula is C10H21N. The van der Waals surface area contributed by atoms with Crippen LogP contribution in [0.2, 0.25) is 0 Å². The minimum Gasteiger partial charge on any atom is -0.307 e. The molecule has 0 N–H and O–H groups in total. The van der Waals surface area contributed by atoms with E-state index >= 15 is 0 Å². The van der Waals surface area contributed by atoms with Crippen LogP contribution in [-0.4, -0.2) is 25.0 Å². The largest absolute Gasteiger partial charge is 0.307 e. The summed E-state index contributed by atoms with van der Waals surface area (Å²) in [7, 11) is 2.17. The van der Waals surface area contributed by atoms with Gasteiger partial charge in [0.25, 0.3) is 0 Å². The maximum Gasteiger partial charge on any atom is -0.00164 e. The van der Waals surface area contributed by atoms with Gasteiger partial charge in [0.2, 0.25) is 0 Å². The van der Waals surface area contributed by atoms with Crippen molar-refractivity contribution in [1.29, 1.82) is 0 Å². The van der Waals surface area contributed by atoms with Crippen molar-refractivity contribution in [3.8, 4) is 0 Å². The van der Waals surface area contributed by atoms with Crippen LogP contribution >= 0.6 is 0 Å². The van der Waals surface area contributed by atoms with Gasteiger partial charge in [-0.15, -0.1) is 0 Å². The van der Waals surface area contributed by atoms with Crippen LogP contribution in [0, 0.1) is 5.92 Å². The molecule has 0 heterocycles. The van der Waals surface area contributed by atoms with Gasteiger partial charge in [-0.25, -0.2) is 0 Å². The minimum atomic E-state index is 0.731. The van der Waals surface area contributed by atoms with E-state index in [9.17, 15) is 0 Å². The Morgan fingerprint density at radius 3 is 2.55 bits per heavy atom. The zero-order chi connectivity index (χ0) is 8.69. The number of hydrogen-bond acceptors (Lipinski definition) is 1. The van der Waals surface area contributed by atoms with Crippen molar-refractivity contribution in [3.05, 3.63) is 12.2 Å². The molecule has 0 bridgehead atoms. The predicted octanol–water partition coefficient (Wildman–Crippen LogP) is 2.54. The Morgan fingerprint density at radius 1 is 1.45 bits per heavy atom. The van der Waals surface area contributed by atoms with Gasteiger partial charge in [-0.1, -0.05) is 26.0 Å². The van der Waals surface area contributed by atoms with Crippen molar-refractivity contribution < 1.29 is 0 Å². The second kappa shape index (κ2) is 6.41. The van der Waals surface area contributed by atoms with E-state index in [1.807, 2.05) is 0 Å². The number of nitrogens with zero attached hydrogens (tertiary/aromatic N) is 1. The second-order valence-corrected chi connectivity index (χ2v) is 3.19. The summed E-state index contributed by atoms with van der Waals surface area (Å²) in [6.45, 7) is 8.91. The highest BCUT2D eigenvalue weighted by Crippen LogP contribution is 2.03. The van der Waals surface area contributed by atoms with E-state index in [4.69, 9.17) is 0 Å². The highest BCUT2D eigenvalue weighted by molar-refractivity contribution is 4.82. The average Bonchev–Trinajstić information content (AvgIpc) is 2.01. The topological polar surface area (TPSA) is 3.24 Å². The van der Waals surface area contributed by atoms with Crippen molar-refractivity contribution in [3.63, 3.8) is 0 Å². The van der Waals surface area contributed by atoms with Crippen LogP contribution in [0.1, 0.15) is 27.2 Å². The SMILES string of the molecule is C/C=C/C(C)CCN(C)CC. The number of hydrogen-bond donors (Lipinski definition) is 0. The lowest BCUT2D eigenvalue weighted by molar-refractivity contribution is 0.332. The molecule has 1 heteroatoms. The molecule has 0 aromatic carbocycles. The molecule has 1 atom stereocenters. The Labute approximate surface area is 71.1 Å². The van der Waals surface area contributed by atoms with Gasteiger partial charge in [0.1, 0.15) is 0 Å². The molecule has 11 heavy (non-hydrogen) atoms. The maximum atomic E-state index is 2.35. The van der Waals surface area contributed by atoms with Crippen molar-refractivity contribution in [2.45, 2.75) is 27.2 Å². The van der Waals surface area contributed by atoms with E-state index in [1.165, 1.54) is 13.0 Å². The summed E-state index contributed by atoms with van der Waals surface area (Å²) in [6.07, 6.45) is 5.68. The van der Waals surface area contributed by atoms with Gasteiger partial charge < -0.3 is 4.90 Å². The predicted molar refractivity (Wildman–Crippen MR) is 51.8 cm³/mol. The Bertz CT molecular complexity index is 107. The van der Waals surface area contributed by atoms with Gasteiger partial charge in [-0.3, -0.25) is 0 Å². The van der Waals surface area contributed by atoms with E-state index in [1.54, 1.807) is 0 Å². The van der Waals surface area contributed by atoms with E-state index in [-0.39, 0.29) is 0 Å². The highest BCUT2D eigenvalue weighted by Gasteiger charge is 1.98. The minimum absolute atomic E-state index is 0.731. The normalized spacial score (nSPS) is 14.6. The van der Waals surface area contributed by atoms with Crippen molar-refractivity contribution in [1.82, 2.24) is 4.90 Å². The molecule has 66 valence electrons. The molecule has 0 aromatic rings. The van der Waals surface area contributed by atoms with Crippen LogP contribution < -0.4 is 0 Å². The molecule has 0 rings (SSSR count). The zero-order valence-electron chi connectivity index (χ0n) is 8.30. The average molecular weight is 155 g/mol. The van der Waals surface area contributed by atoms with Crippen LogP contribution in [0.3, 0.4) is 0 Å². The summed E-state index contributed by atoms with van der Waals surface area (Å²) in [4.78, 5) is 2.35. The summed E-state index contributed by atoms with van der Waals surface area (Å²) < 4.78 is 0. The molecule has 0 aromatic heterocycles. The molecule has 0 aliphatic rings. The van der Waals surface area contributed by atoms with E-state index in [0.717, 1.165) is 12.5 Å². The van der Waals surface area contributed by atoms with Crippen molar-refractivity contribution in [2.75, 3.05) is 20.1 Å². The fraction of sp³-hybridized carbons (Fsp3) is 0.800. The van der Waals surface area contributed by atoms with Crippen molar-refractivity contribution >= 4 is 0 Å².